The third kappa shape index (κ3) is 3.67. The number of nitrogens with zero attached hydrogens (tertiary/aromatic N) is 1. The van der Waals surface area contributed by atoms with Crippen molar-refractivity contribution in [3.8, 4) is 0 Å². The predicted octanol–water partition coefficient (Wildman–Crippen LogP) is 4.18. The Morgan fingerprint density at radius 1 is 0.871 bits per heavy atom. The monoisotopic (exact) mass is 434 g/mol. The number of halogens is 1. The second-order valence-corrected chi connectivity index (χ2v) is 7.09. The minimum Gasteiger partial charge on any atom is -0.465 e. The number of ether oxygens (including phenoxy) is 1. The van der Waals surface area contributed by atoms with E-state index in [1.165, 1.54) is 31.4 Å². The fourth-order valence-corrected chi connectivity index (χ4v) is 3.50. The van der Waals surface area contributed by atoms with Crippen LogP contribution in [0.2, 0.25) is 5.02 Å². The van der Waals surface area contributed by atoms with Crippen molar-refractivity contribution in [3.05, 3.63) is 94.0 Å². The number of carbonyl (C=O) groups excluding carboxylic acids is 4. The van der Waals surface area contributed by atoms with Gasteiger partial charge in [0.05, 0.1) is 34.5 Å². The highest BCUT2D eigenvalue weighted by molar-refractivity contribution is 6.40. The zero-order valence-electron chi connectivity index (χ0n) is 16.2. The van der Waals surface area contributed by atoms with Crippen molar-refractivity contribution in [1.29, 1.82) is 0 Å². The summed E-state index contributed by atoms with van der Waals surface area (Å²) >= 11 is 6.15. The van der Waals surface area contributed by atoms with Crippen molar-refractivity contribution in [1.82, 2.24) is 0 Å². The second-order valence-electron chi connectivity index (χ2n) is 6.68. The van der Waals surface area contributed by atoms with Crippen molar-refractivity contribution < 1.29 is 23.9 Å². The molecule has 0 aliphatic carbocycles. The number of benzene rings is 3. The number of hydrogen-bond donors (Lipinski definition) is 1. The van der Waals surface area contributed by atoms with Gasteiger partial charge in [-0.3, -0.25) is 14.4 Å². The van der Waals surface area contributed by atoms with Gasteiger partial charge in [-0.2, -0.15) is 0 Å². The molecule has 0 fully saturated rings. The maximum absolute atomic E-state index is 12.9. The van der Waals surface area contributed by atoms with Crippen LogP contribution in [0.4, 0.5) is 11.4 Å². The van der Waals surface area contributed by atoms with Crippen molar-refractivity contribution in [3.63, 3.8) is 0 Å². The molecule has 1 aliphatic rings. The zero-order chi connectivity index (χ0) is 22.1. The maximum Gasteiger partial charge on any atom is 0.337 e. The molecule has 0 spiro atoms. The fourth-order valence-electron chi connectivity index (χ4n) is 3.28. The van der Waals surface area contributed by atoms with Gasteiger partial charge in [-0.25, -0.2) is 9.69 Å². The lowest BCUT2D eigenvalue weighted by atomic mass is 10.1. The summed E-state index contributed by atoms with van der Waals surface area (Å²) in [6, 6.07) is 17.0. The van der Waals surface area contributed by atoms with E-state index in [4.69, 9.17) is 11.6 Å². The highest BCUT2D eigenvalue weighted by Gasteiger charge is 2.38. The number of anilines is 2. The van der Waals surface area contributed by atoms with E-state index in [0.717, 1.165) is 4.90 Å². The van der Waals surface area contributed by atoms with Crippen LogP contribution in [0.25, 0.3) is 0 Å². The van der Waals surface area contributed by atoms with Crippen LogP contribution >= 0.6 is 11.6 Å². The summed E-state index contributed by atoms with van der Waals surface area (Å²) < 4.78 is 4.67. The standard InChI is InChI=1S/C23H15ClN2O5/c1-31-23(30)14-5-4-6-15(11-14)25-20(27)13-9-10-16-17(12-13)22(29)26(21(16)28)19-8-3-2-7-18(19)24/h2-12H,1H3,(H,25,27). The van der Waals surface area contributed by atoms with Gasteiger partial charge < -0.3 is 10.1 Å². The summed E-state index contributed by atoms with van der Waals surface area (Å²) in [6.07, 6.45) is 0. The van der Waals surface area contributed by atoms with Gasteiger partial charge in [0.15, 0.2) is 0 Å². The van der Waals surface area contributed by atoms with E-state index in [-0.39, 0.29) is 33.0 Å². The van der Waals surface area contributed by atoms with Crippen LogP contribution in [-0.2, 0) is 4.74 Å². The van der Waals surface area contributed by atoms with E-state index < -0.39 is 23.7 Å². The zero-order valence-corrected chi connectivity index (χ0v) is 17.0. The minimum atomic E-state index is -0.560. The van der Waals surface area contributed by atoms with Crippen LogP contribution in [0.15, 0.2) is 66.7 Å². The first-order valence-corrected chi connectivity index (χ1v) is 9.55. The molecule has 154 valence electrons. The second kappa shape index (κ2) is 8.04. The molecule has 0 radical (unpaired) electrons. The van der Waals surface area contributed by atoms with E-state index in [9.17, 15) is 19.2 Å². The largest absolute Gasteiger partial charge is 0.465 e. The number of methoxy groups -OCH3 is 1. The van der Waals surface area contributed by atoms with E-state index >= 15 is 0 Å². The summed E-state index contributed by atoms with van der Waals surface area (Å²) in [4.78, 5) is 51.0. The molecule has 0 atom stereocenters. The average Bonchev–Trinajstić information content (AvgIpc) is 3.03. The number of imide groups is 1. The highest BCUT2D eigenvalue weighted by atomic mass is 35.5. The molecular formula is C23H15ClN2O5. The predicted molar refractivity (Wildman–Crippen MR) is 115 cm³/mol. The average molecular weight is 435 g/mol. The number of amides is 3. The summed E-state index contributed by atoms with van der Waals surface area (Å²) in [5, 5.41) is 2.93. The molecule has 1 aliphatic heterocycles. The van der Waals surface area contributed by atoms with E-state index in [1.807, 2.05) is 0 Å². The molecule has 0 saturated carbocycles. The lowest BCUT2D eigenvalue weighted by molar-refractivity contribution is 0.0600. The Balaban J connectivity index is 1.61. The van der Waals surface area contributed by atoms with Crippen LogP contribution in [0.3, 0.4) is 0 Å². The van der Waals surface area contributed by atoms with Crippen molar-refractivity contribution in [2.75, 3.05) is 17.3 Å². The molecule has 1 N–H and O–H groups in total. The Hall–Kier alpha value is -3.97. The third-order valence-corrected chi connectivity index (χ3v) is 5.10. The number of hydrogen-bond acceptors (Lipinski definition) is 5. The van der Waals surface area contributed by atoms with Crippen LogP contribution in [0, 0.1) is 0 Å². The van der Waals surface area contributed by atoms with Gasteiger partial charge in [-0.05, 0) is 48.5 Å². The Morgan fingerprint density at radius 2 is 1.61 bits per heavy atom. The molecule has 31 heavy (non-hydrogen) atoms. The molecule has 7 nitrogen and oxygen atoms in total. The molecular weight excluding hydrogens is 420 g/mol. The Morgan fingerprint density at radius 3 is 2.35 bits per heavy atom. The first kappa shape index (κ1) is 20.3. The van der Waals surface area contributed by atoms with Gasteiger partial charge in [-0.15, -0.1) is 0 Å². The van der Waals surface area contributed by atoms with Gasteiger partial charge in [-0.1, -0.05) is 29.8 Å². The van der Waals surface area contributed by atoms with Crippen LogP contribution in [0.1, 0.15) is 41.4 Å². The number of esters is 1. The quantitative estimate of drug-likeness (QED) is 0.491. The van der Waals surface area contributed by atoms with Gasteiger partial charge in [0.25, 0.3) is 17.7 Å². The summed E-state index contributed by atoms with van der Waals surface area (Å²) in [6.45, 7) is 0. The first-order chi connectivity index (χ1) is 14.9. The first-order valence-electron chi connectivity index (χ1n) is 9.18. The number of carbonyl (C=O) groups is 4. The molecule has 3 aromatic rings. The van der Waals surface area contributed by atoms with E-state index in [0.29, 0.717) is 5.69 Å². The van der Waals surface area contributed by atoms with Crippen molar-refractivity contribution in [2.45, 2.75) is 0 Å². The maximum atomic E-state index is 12.9. The molecule has 0 aromatic heterocycles. The Kier molecular flexibility index (Phi) is 5.27. The third-order valence-electron chi connectivity index (χ3n) is 4.78. The molecule has 0 bridgehead atoms. The van der Waals surface area contributed by atoms with E-state index in [1.54, 1.807) is 42.5 Å². The van der Waals surface area contributed by atoms with Gasteiger partial charge in [0.1, 0.15) is 0 Å². The molecule has 0 saturated heterocycles. The molecule has 4 rings (SSSR count). The van der Waals surface area contributed by atoms with Crippen LogP contribution in [-0.4, -0.2) is 30.8 Å². The van der Waals surface area contributed by atoms with Crippen molar-refractivity contribution in [2.24, 2.45) is 0 Å². The topological polar surface area (TPSA) is 92.8 Å². The Bertz CT molecular complexity index is 1250. The van der Waals surface area contributed by atoms with Crippen LogP contribution < -0.4 is 10.2 Å². The molecule has 3 amide bonds. The van der Waals surface area contributed by atoms with Crippen molar-refractivity contribution >= 4 is 46.7 Å². The van der Waals surface area contributed by atoms with Gasteiger partial charge in [0.2, 0.25) is 0 Å². The lowest BCUT2D eigenvalue weighted by Crippen LogP contribution is -2.29. The molecule has 0 unspecified atom stereocenters. The smallest absolute Gasteiger partial charge is 0.337 e. The normalized spacial score (nSPS) is 12.5. The summed E-state index contributed by atoms with van der Waals surface area (Å²) in [7, 11) is 1.27. The fraction of sp³-hybridized carbons (Fsp3) is 0.0435. The summed E-state index contributed by atoms with van der Waals surface area (Å²) in [5.74, 6) is -2.10. The number of para-hydroxylation sites is 1. The summed E-state index contributed by atoms with van der Waals surface area (Å²) in [5.41, 5.74) is 1.43. The van der Waals surface area contributed by atoms with E-state index in [2.05, 4.69) is 10.1 Å². The minimum absolute atomic E-state index is 0.112. The molecule has 1 heterocycles. The SMILES string of the molecule is COC(=O)c1cccc(NC(=O)c2ccc3c(c2)C(=O)N(c2ccccc2Cl)C3=O)c1. The lowest BCUT2D eigenvalue weighted by Gasteiger charge is -2.15. The van der Waals surface area contributed by atoms with Gasteiger partial charge in [0, 0.05) is 11.3 Å². The Labute approximate surface area is 182 Å². The number of rotatable bonds is 4. The number of nitrogens with one attached hydrogen (secondary N) is 1. The van der Waals surface area contributed by atoms with Crippen LogP contribution in [0.5, 0.6) is 0 Å². The number of fused-ring (bicyclic) bond motifs is 1. The molecule has 3 aromatic carbocycles. The molecule has 8 heteroatoms. The van der Waals surface area contributed by atoms with Gasteiger partial charge >= 0.3 is 5.97 Å². The highest BCUT2D eigenvalue weighted by Crippen LogP contribution is 2.33.